The molecule has 0 aromatic heterocycles. The summed E-state index contributed by atoms with van der Waals surface area (Å²) in [5.74, 6) is 0. The number of hydrogen-bond donors (Lipinski definition) is 1. The van der Waals surface area contributed by atoms with Gasteiger partial charge in [-0.1, -0.05) is 94.5 Å². The minimum absolute atomic E-state index is 0.00383. The molecule has 4 atom stereocenters. The van der Waals surface area contributed by atoms with Crippen LogP contribution in [0.5, 0.6) is 0 Å². The normalized spacial score (nSPS) is 20.4. The molecule has 1 fully saturated rings. The van der Waals surface area contributed by atoms with E-state index < -0.39 is 39.0 Å². The number of alkyl halides is 1. The van der Waals surface area contributed by atoms with Gasteiger partial charge in [0.05, 0.1) is 34.4 Å². The quantitative estimate of drug-likeness (QED) is 0.132. The summed E-state index contributed by atoms with van der Waals surface area (Å²) in [4.78, 5) is -0.426. The van der Waals surface area contributed by atoms with Crippen molar-refractivity contribution in [3.8, 4) is 0 Å². The van der Waals surface area contributed by atoms with Crippen LogP contribution in [0.25, 0.3) is 0 Å². The summed E-state index contributed by atoms with van der Waals surface area (Å²) in [5.41, 5.74) is 1.93. The zero-order valence-electron chi connectivity index (χ0n) is 21.2. The molecular formula is C28H27Cl3FNO5S. The van der Waals surface area contributed by atoms with Crippen molar-refractivity contribution < 1.29 is 26.5 Å². The van der Waals surface area contributed by atoms with Crippen LogP contribution in [-0.4, -0.2) is 38.6 Å². The fraction of sp³-hybridized carbons (Fsp3) is 0.321. The highest BCUT2D eigenvalue weighted by atomic mass is 35.5. The van der Waals surface area contributed by atoms with Gasteiger partial charge in [0.15, 0.2) is 6.17 Å². The molecule has 39 heavy (non-hydrogen) atoms. The maximum atomic E-state index is 15.3. The van der Waals surface area contributed by atoms with E-state index in [9.17, 15) is 8.42 Å². The number of nitrogens with one attached hydrogen (secondary N) is 1. The maximum absolute atomic E-state index is 15.3. The van der Waals surface area contributed by atoms with Crippen molar-refractivity contribution in [2.24, 2.45) is 0 Å². The van der Waals surface area contributed by atoms with E-state index >= 15 is 4.39 Å². The van der Waals surface area contributed by atoms with E-state index in [0.717, 1.165) is 28.3 Å². The fourth-order valence-corrected chi connectivity index (χ4v) is 6.38. The second-order valence-electron chi connectivity index (χ2n) is 9.51. The van der Waals surface area contributed by atoms with Crippen LogP contribution in [0.2, 0.25) is 15.1 Å². The summed E-state index contributed by atoms with van der Waals surface area (Å²) >= 11 is 18.2. The van der Waals surface area contributed by atoms with Crippen molar-refractivity contribution in [2.45, 2.75) is 62.4 Å². The minimum Gasteiger partial charge on any atom is -0.370 e. The summed E-state index contributed by atoms with van der Waals surface area (Å²) < 4.78 is 59.8. The van der Waals surface area contributed by atoms with Crippen LogP contribution < -0.4 is 0 Å². The van der Waals surface area contributed by atoms with Gasteiger partial charge in [-0.2, -0.15) is 8.42 Å². The highest BCUT2D eigenvalue weighted by molar-refractivity contribution is 7.87. The predicted molar refractivity (Wildman–Crippen MR) is 150 cm³/mol. The smallest absolute Gasteiger partial charge is 0.299 e. The Morgan fingerprint density at radius 2 is 1.49 bits per heavy atom. The van der Waals surface area contributed by atoms with Crippen molar-refractivity contribution in [3.63, 3.8) is 0 Å². The van der Waals surface area contributed by atoms with E-state index in [-0.39, 0.29) is 34.7 Å². The molecule has 0 radical (unpaired) electrons. The second-order valence-corrected chi connectivity index (χ2v) is 12.2. The van der Waals surface area contributed by atoms with Gasteiger partial charge in [0.25, 0.3) is 10.1 Å². The van der Waals surface area contributed by atoms with Gasteiger partial charge < -0.3 is 14.9 Å². The largest absolute Gasteiger partial charge is 0.370 e. The van der Waals surface area contributed by atoms with Gasteiger partial charge in [-0.05, 0) is 37.1 Å². The van der Waals surface area contributed by atoms with Crippen molar-refractivity contribution in [1.82, 2.24) is 0 Å². The van der Waals surface area contributed by atoms with Gasteiger partial charge in [0, 0.05) is 12.6 Å². The third-order valence-electron chi connectivity index (χ3n) is 6.45. The molecule has 3 aromatic carbocycles. The highest BCUT2D eigenvalue weighted by Crippen LogP contribution is 2.51. The first-order valence-electron chi connectivity index (χ1n) is 12.0. The molecule has 0 bridgehead atoms. The summed E-state index contributed by atoms with van der Waals surface area (Å²) in [6, 6.07) is 17.3. The van der Waals surface area contributed by atoms with Crippen molar-refractivity contribution in [2.75, 3.05) is 0 Å². The monoisotopic (exact) mass is 613 g/mol. The molecule has 0 amide bonds. The topological polar surface area (TPSA) is 85.7 Å². The van der Waals surface area contributed by atoms with Crippen LogP contribution in [0.3, 0.4) is 0 Å². The number of hydrogen-bond acceptors (Lipinski definition) is 6. The molecule has 6 nitrogen and oxygen atoms in total. The zero-order valence-corrected chi connectivity index (χ0v) is 24.2. The second kappa shape index (κ2) is 12.2. The lowest BCUT2D eigenvalue weighted by atomic mass is 10.1. The number of benzene rings is 3. The first-order valence-corrected chi connectivity index (χ1v) is 14.6. The molecule has 0 spiro atoms. The minimum atomic E-state index is -4.60. The first-order chi connectivity index (χ1) is 18.4. The third-order valence-corrected chi connectivity index (χ3v) is 9.00. The van der Waals surface area contributed by atoms with E-state index in [1.54, 1.807) is 0 Å². The average Bonchev–Trinajstić information content (AvgIpc) is 3.58. The third kappa shape index (κ3) is 7.00. The standard InChI is InChI=1S/C28H27Cl3FNO5S/c1-17-3-7-19(8-4-17)15-36-26-13-28(26,38-39(34,35)25-12-22(30)21(29)11-23(25)31)27(24(32)14-33)37-16-20-9-5-18(2)6-10-20/h3-12,14,24,26-27,33H,13,15-16H2,1-2H3/t24-,26?,27+,28?/m1/s1. The number of rotatable bonds is 12. The van der Waals surface area contributed by atoms with E-state index in [4.69, 9.17) is 53.9 Å². The lowest BCUT2D eigenvalue weighted by Gasteiger charge is -2.29. The van der Waals surface area contributed by atoms with Gasteiger partial charge in [-0.15, -0.1) is 0 Å². The molecule has 3 aromatic rings. The van der Waals surface area contributed by atoms with Crippen LogP contribution in [0.15, 0.2) is 65.6 Å². The Hall–Kier alpha value is -2.04. The van der Waals surface area contributed by atoms with Gasteiger partial charge in [-0.25, -0.2) is 4.39 Å². The Morgan fingerprint density at radius 3 is 2.05 bits per heavy atom. The van der Waals surface area contributed by atoms with Crippen LogP contribution in [0, 0.1) is 19.3 Å². The van der Waals surface area contributed by atoms with Crippen LogP contribution in [0.1, 0.15) is 28.7 Å². The molecule has 1 aliphatic carbocycles. The Labute approximate surface area is 242 Å². The van der Waals surface area contributed by atoms with Crippen molar-refractivity contribution in [3.05, 3.63) is 98.0 Å². The van der Waals surface area contributed by atoms with Gasteiger partial charge in [-0.3, -0.25) is 4.18 Å². The van der Waals surface area contributed by atoms with Crippen molar-refractivity contribution in [1.29, 1.82) is 5.41 Å². The van der Waals surface area contributed by atoms with Crippen molar-refractivity contribution >= 4 is 51.1 Å². The Balaban J connectivity index is 1.65. The average molecular weight is 615 g/mol. The Morgan fingerprint density at radius 1 is 0.949 bits per heavy atom. The summed E-state index contributed by atoms with van der Waals surface area (Å²) in [6.07, 6.45) is -3.75. The molecule has 0 heterocycles. The van der Waals surface area contributed by atoms with Crippen LogP contribution in [-0.2, 0) is 37.0 Å². The lowest BCUT2D eigenvalue weighted by Crippen LogP contribution is -2.46. The van der Waals surface area contributed by atoms with Gasteiger partial charge >= 0.3 is 0 Å². The molecular weight excluding hydrogens is 588 g/mol. The lowest BCUT2D eigenvalue weighted by molar-refractivity contribution is -0.0927. The summed E-state index contributed by atoms with van der Waals surface area (Å²) in [7, 11) is -4.60. The Bertz CT molecular complexity index is 1440. The summed E-state index contributed by atoms with van der Waals surface area (Å²) in [5, 5.41) is 7.39. The summed E-state index contributed by atoms with van der Waals surface area (Å²) in [6.45, 7) is 3.98. The predicted octanol–water partition coefficient (Wildman–Crippen LogP) is 7.27. The molecule has 11 heteroatoms. The highest BCUT2D eigenvalue weighted by Gasteiger charge is 2.67. The van der Waals surface area contributed by atoms with E-state index in [1.807, 2.05) is 62.4 Å². The number of aryl methyl sites for hydroxylation is 2. The SMILES string of the molecule is Cc1ccc(COC2CC2(OS(=O)(=O)c2cc(Cl)c(Cl)cc2Cl)[C@@H](OCc2ccc(C)cc2)[C@H](F)C=N)cc1. The number of ether oxygens (including phenoxy) is 2. The molecule has 1 saturated carbocycles. The van der Waals surface area contributed by atoms with E-state index in [1.165, 1.54) is 6.07 Å². The molecule has 2 unspecified atom stereocenters. The van der Waals surface area contributed by atoms with Gasteiger partial charge in [0.2, 0.25) is 0 Å². The van der Waals surface area contributed by atoms with Gasteiger partial charge in [0.1, 0.15) is 16.6 Å². The van der Waals surface area contributed by atoms with Crippen LogP contribution in [0.4, 0.5) is 4.39 Å². The first kappa shape index (κ1) is 29.9. The molecule has 208 valence electrons. The maximum Gasteiger partial charge on any atom is 0.299 e. The number of halogens is 4. The van der Waals surface area contributed by atoms with E-state index in [2.05, 4.69) is 0 Å². The molecule has 0 aliphatic heterocycles. The van der Waals surface area contributed by atoms with E-state index in [0.29, 0.717) is 6.21 Å². The molecule has 1 N–H and O–H groups in total. The zero-order chi connectivity index (χ0) is 28.4. The molecule has 4 rings (SSSR count). The Kier molecular flexibility index (Phi) is 9.38. The molecule has 1 aliphatic rings. The van der Waals surface area contributed by atoms with Crippen LogP contribution >= 0.6 is 34.8 Å². The fourth-order valence-electron chi connectivity index (χ4n) is 4.15. The molecule has 0 saturated heterocycles.